The normalized spacial score (nSPS) is 13.9. The minimum absolute atomic E-state index is 0.569. The van der Waals surface area contributed by atoms with Crippen LogP contribution in [-0.4, -0.2) is 17.3 Å². The Hall–Kier alpha value is -1.84. The molecule has 0 aliphatic rings. The minimum atomic E-state index is -1.01. The lowest BCUT2D eigenvalue weighted by Crippen LogP contribution is -2.11. The molecule has 0 fully saturated rings. The van der Waals surface area contributed by atoms with Crippen molar-refractivity contribution in [3.8, 4) is 5.75 Å². The van der Waals surface area contributed by atoms with Gasteiger partial charge in [-0.1, -0.05) is 48.5 Å². The zero-order valence-corrected chi connectivity index (χ0v) is 10.2. The molecule has 2 rings (SSSR count). The number of hydrogen-bond donors (Lipinski definition) is 2. The topological polar surface area (TPSA) is 49.7 Å². The van der Waals surface area contributed by atoms with Gasteiger partial charge in [-0.2, -0.15) is 0 Å². The quantitative estimate of drug-likeness (QED) is 0.868. The molecule has 2 atom stereocenters. The summed E-state index contributed by atoms with van der Waals surface area (Å²) in [5.41, 5.74) is 1.26. The van der Waals surface area contributed by atoms with Crippen LogP contribution in [0, 0.1) is 0 Å². The van der Waals surface area contributed by atoms with Crippen molar-refractivity contribution in [1.29, 1.82) is 0 Å². The van der Waals surface area contributed by atoms with Gasteiger partial charge in [0.2, 0.25) is 0 Å². The van der Waals surface area contributed by atoms with Crippen molar-refractivity contribution >= 4 is 0 Å². The van der Waals surface area contributed by atoms with E-state index in [-0.39, 0.29) is 0 Å². The van der Waals surface area contributed by atoms with E-state index in [1.807, 2.05) is 24.3 Å². The van der Waals surface area contributed by atoms with Gasteiger partial charge in [0.1, 0.15) is 18.0 Å². The molecule has 3 nitrogen and oxygen atoms in total. The fourth-order valence-electron chi connectivity index (χ4n) is 1.91. The van der Waals surface area contributed by atoms with E-state index in [2.05, 4.69) is 0 Å². The van der Waals surface area contributed by atoms with E-state index < -0.39 is 12.2 Å². The Morgan fingerprint density at radius 2 is 1.44 bits per heavy atom. The molecular weight excluding hydrogens is 228 g/mol. The first-order valence-electron chi connectivity index (χ1n) is 5.78. The molecule has 0 saturated carbocycles. The van der Waals surface area contributed by atoms with Crippen molar-refractivity contribution in [1.82, 2.24) is 0 Å². The SMILES string of the molecule is COc1ccccc1[C@@H](O)[C@@H](O)c1ccccc1. The number of hydrogen-bond acceptors (Lipinski definition) is 3. The maximum Gasteiger partial charge on any atom is 0.124 e. The van der Waals surface area contributed by atoms with Crippen molar-refractivity contribution in [2.45, 2.75) is 12.2 Å². The molecule has 0 unspecified atom stereocenters. The highest BCUT2D eigenvalue weighted by atomic mass is 16.5. The first kappa shape index (κ1) is 12.6. The summed E-state index contributed by atoms with van der Waals surface area (Å²) < 4.78 is 5.18. The molecular formula is C15H16O3. The average Bonchev–Trinajstić information content (AvgIpc) is 2.46. The van der Waals surface area contributed by atoms with Crippen LogP contribution in [0.4, 0.5) is 0 Å². The van der Waals surface area contributed by atoms with Gasteiger partial charge < -0.3 is 14.9 Å². The van der Waals surface area contributed by atoms with Gasteiger partial charge in [-0.05, 0) is 11.6 Å². The molecule has 2 aromatic rings. The minimum Gasteiger partial charge on any atom is -0.496 e. The largest absolute Gasteiger partial charge is 0.496 e. The van der Waals surface area contributed by atoms with E-state index in [1.165, 1.54) is 0 Å². The number of aliphatic hydroxyl groups excluding tert-OH is 2. The summed E-state index contributed by atoms with van der Waals surface area (Å²) in [4.78, 5) is 0. The zero-order chi connectivity index (χ0) is 13.0. The van der Waals surface area contributed by atoms with Crippen molar-refractivity contribution in [3.63, 3.8) is 0 Å². The molecule has 0 spiro atoms. The second kappa shape index (κ2) is 5.67. The molecule has 0 aliphatic heterocycles. The third-order valence-electron chi connectivity index (χ3n) is 2.90. The first-order valence-corrected chi connectivity index (χ1v) is 5.78. The van der Waals surface area contributed by atoms with Gasteiger partial charge in [0, 0.05) is 5.56 Å². The lowest BCUT2D eigenvalue weighted by molar-refractivity contribution is 0.0159. The maximum atomic E-state index is 10.2. The monoisotopic (exact) mass is 244 g/mol. The number of ether oxygens (including phenoxy) is 1. The van der Waals surface area contributed by atoms with E-state index in [1.54, 1.807) is 37.4 Å². The summed E-state index contributed by atoms with van der Waals surface area (Å²) in [5, 5.41) is 20.4. The van der Waals surface area contributed by atoms with Crippen LogP contribution in [0.2, 0.25) is 0 Å². The predicted molar refractivity (Wildman–Crippen MR) is 69.4 cm³/mol. The Labute approximate surface area is 106 Å². The molecule has 2 aromatic carbocycles. The highest BCUT2D eigenvalue weighted by molar-refractivity contribution is 5.36. The lowest BCUT2D eigenvalue weighted by Gasteiger charge is -2.20. The molecule has 0 heterocycles. The highest BCUT2D eigenvalue weighted by Crippen LogP contribution is 2.33. The summed E-state index contributed by atoms with van der Waals surface area (Å²) in [6, 6.07) is 16.2. The molecule has 2 N–H and O–H groups in total. The number of benzene rings is 2. The van der Waals surface area contributed by atoms with E-state index in [9.17, 15) is 10.2 Å². The van der Waals surface area contributed by atoms with Crippen molar-refractivity contribution in [2.24, 2.45) is 0 Å². The van der Waals surface area contributed by atoms with Gasteiger partial charge >= 0.3 is 0 Å². The number of aliphatic hydroxyl groups is 2. The molecule has 94 valence electrons. The van der Waals surface area contributed by atoms with Gasteiger partial charge in [0.05, 0.1) is 7.11 Å². The van der Waals surface area contributed by atoms with Crippen LogP contribution < -0.4 is 4.74 Å². The van der Waals surface area contributed by atoms with E-state index >= 15 is 0 Å². The predicted octanol–water partition coefficient (Wildman–Crippen LogP) is 2.46. The van der Waals surface area contributed by atoms with Crippen LogP contribution in [0.25, 0.3) is 0 Å². The van der Waals surface area contributed by atoms with Crippen molar-refractivity contribution in [3.05, 3.63) is 65.7 Å². The second-order valence-electron chi connectivity index (χ2n) is 4.04. The Balaban J connectivity index is 2.28. The highest BCUT2D eigenvalue weighted by Gasteiger charge is 2.22. The van der Waals surface area contributed by atoms with Gasteiger partial charge in [-0.3, -0.25) is 0 Å². The standard InChI is InChI=1S/C15H16O3/c1-18-13-10-6-5-9-12(13)15(17)14(16)11-7-3-2-4-8-11/h2-10,14-17H,1H3/t14-,15+/m0/s1. The van der Waals surface area contributed by atoms with Gasteiger partial charge in [-0.25, -0.2) is 0 Å². The summed E-state index contributed by atoms with van der Waals surface area (Å²) >= 11 is 0. The molecule has 18 heavy (non-hydrogen) atoms. The molecule has 0 amide bonds. The van der Waals surface area contributed by atoms with E-state index in [0.717, 1.165) is 0 Å². The Kier molecular flexibility index (Phi) is 3.97. The van der Waals surface area contributed by atoms with Crippen molar-refractivity contribution in [2.75, 3.05) is 7.11 Å². The number of rotatable bonds is 4. The van der Waals surface area contributed by atoms with E-state index in [0.29, 0.717) is 16.9 Å². The molecule has 0 saturated heterocycles. The summed E-state index contributed by atoms with van der Waals surface area (Å²) in [7, 11) is 1.54. The number of methoxy groups -OCH3 is 1. The van der Waals surface area contributed by atoms with Gasteiger partial charge in [0.25, 0.3) is 0 Å². The third-order valence-corrected chi connectivity index (χ3v) is 2.90. The molecule has 0 aliphatic carbocycles. The van der Waals surface area contributed by atoms with Crippen LogP contribution >= 0.6 is 0 Å². The van der Waals surface area contributed by atoms with Crippen LogP contribution in [0.1, 0.15) is 23.3 Å². The van der Waals surface area contributed by atoms with Crippen LogP contribution in [0.15, 0.2) is 54.6 Å². The van der Waals surface area contributed by atoms with E-state index in [4.69, 9.17) is 4.74 Å². The van der Waals surface area contributed by atoms with Gasteiger partial charge in [-0.15, -0.1) is 0 Å². The summed E-state index contributed by atoms with van der Waals surface area (Å²) in [5.74, 6) is 0.569. The third kappa shape index (κ3) is 2.53. The van der Waals surface area contributed by atoms with Crippen molar-refractivity contribution < 1.29 is 14.9 Å². The smallest absolute Gasteiger partial charge is 0.124 e. The Morgan fingerprint density at radius 3 is 2.11 bits per heavy atom. The zero-order valence-electron chi connectivity index (χ0n) is 10.2. The average molecular weight is 244 g/mol. The molecule has 0 radical (unpaired) electrons. The molecule has 3 heteroatoms. The maximum absolute atomic E-state index is 10.2. The lowest BCUT2D eigenvalue weighted by atomic mass is 9.98. The fourth-order valence-corrected chi connectivity index (χ4v) is 1.91. The Morgan fingerprint density at radius 1 is 0.833 bits per heavy atom. The van der Waals surface area contributed by atoms with Gasteiger partial charge in [0.15, 0.2) is 0 Å². The molecule has 0 aromatic heterocycles. The van der Waals surface area contributed by atoms with Crippen LogP contribution in [0.5, 0.6) is 5.75 Å². The molecule has 0 bridgehead atoms. The number of para-hydroxylation sites is 1. The fraction of sp³-hybridized carbons (Fsp3) is 0.200. The first-order chi connectivity index (χ1) is 8.74. The van der Waals surface area contributed by atoms with Crippen LogP contribution in [-0.2, 0) is 0 Å². The second-order valence-corrected chi connectivity index (χ2v) is 4.04. The van der Waals surface area contributed by atoms with Crippen LogP contribution in [0.3, 0.4) is 0 Å². The summed E-state index contributed by atoms with van der Waals surface area (Å²) in [6.45, 7) is 0. The summed E-state index contributed by atoms with van der Waals surface area (Å²) in [6.07, 6.45) is -1.98. The Bertz CT molecular complexity index is 496.